The predicted octanol–water partition coefficient (Wildman–Crippen LogP) is 1.39. The van der Waals surface area contributed by atoms with Crippen molar-refractivity contribution >= 4 is 37.5 Å². The van der Waals surface area contributed by atoms with Crippen molar-refractivity contribution in [3.63, 3.8) is 0 Å². The van der Waals surface area contributed by atoms with E-state index < -0.39 is 10.0 Å². The minimum atomic E-state index is -3.63. The number of hydrogen-bond acceptors (Lipinski definition) is 6. The Kier molecular flexibility index (Phi) is 6.54. The first-order valence-electron chi connectivity index (χ1n) is 9.33. The van der Waals surface area contributed by atoms with Crippen molar-refractivity contribution in [1.82, 2.24) is 14.2 Å². The smallest absolute Gasteiger partial charge is 0.308 e. The molecular formula is C18H25N3O5S2. The fraction of sp³-hybridized carbons (Fsp3) is 0.556. The van der Waals surface area contributed by atoms with Crippen LogP contribution in [0.3, 0.4) is 0 Å². The van der Waals surface area contributed by atoms with Crippen LogP contribution in [0, 0.1) is 0 Å². The highest BCUT2D eigenvalue weighted by atomic mass is 32.2. The first-order valence-corrected chi connectivity index (χ1v) is 11.6. The summed E-state index contributed by atoms with van der Waals surface area (Å²) in [6, 6.07) is 4.49. The number of hydrogen-bond donors (Lipinski definition) is 1. The average Bonchev–Trinajstić information content (AvgIpc) is 3.00. The lowest BCUT2D eigenvalue weighted by atomic mass is 10.3. The predicted molar refractivity (Wildman–Crippen MR) is 108 cm³/mol. The number of nitrogens with zero attached hydrogens (tertiary/aromatic N) is 2. The Morgan fingerprint density at radius 3 is 2.71 bits per heavy atom. The van der Waals surface area contributed by atoms with Crippen molar-refractivity contribution in [2.45, 2.75) is 44.2 Å². The lowest BCUT2D eigenvalue weighted by Crippen LogP contribution is -2.41. The van der Waals surface area contributed by atoms with E-state index in [4.69, 9.17) is 4.74 Å². The number of carbonyl (C=O) groups is 1. The number of carbonyl (C=O) groups excluding carboxylic acids is 1. The van der Waals surface area contributed by atoms with Gasteiger partial charge in [-0.25, -0.2) is 13.1 Å². The molecule has 0 aliphatic carbocycles. The number of benzene rings is 1. The highest BCUT2D eigenvalue weighted by Crippen LogP contribution is 2.22. The number of morpholine rings is 1. The minimum absolute atomic E-state index is 0.00787. The Morgan fingerprint density at radius 2 is 2.04 bits per heavy atom. The minimum Gasteiger partial charge on any atom is -0.378 e. The molecule has 1 N–H and O–H groups in total. The fourth-order valence-corrected chi connectivity index (χ4v) is 5.40. The van der Waals surface area contributed by atoms with Crippen LogP contribution in [0.25, 0.3) is 10.2 Å². The third-order valence-corrected chi connectivity index (χ3v) is 7.36. The molecule has 1 amide bonds. The second-order valence-electron chi connectivity index (χ2n) is 6.82. The third-order valence-electron chi connectivity index (χ3n) is 4.83. The van der Waals surface area contributed by atoms with Gasteiger partial charge in [0.25, 0.3) is 0 Å². The zero-order valence-corrected chi connectivity index (χ0v) is 17.6. The number of ether oxygens (including phenoxy) is 1. The highest BCUT2D eigenvalue weighted by Gasteiger charge is 2.20. The van der Waals surface area contributed by atoms with Gasteiger partial charge in [0.2, 0.25) is 15.9 Å². The van der Waals surface area contributed by atoms with E-state index in [2.05, 4.69) is 4.72 Å². The van der Waals surface area contributed by atoms with Crippen LogP contribution in [0.1, 0.15) is 26.7 Å². The maximum atomic E-state index is 12.5. The highest BCUT2D eigenvalue weighted by molar-refractivity contribution is 7.89. The molecule has 0 saturated carbocycles. The maximum absolute atomic E-state index is 12.5. The monoisotopic (exact) mass is 427 g/mol. The van der Waals surface area contributed by atoms with Gasteiger partial charge in [0, 0.05) is 32.1 Å². The number of amides is 1. The first kappa shape index (κ1) is 21.0. The number of sulfonamides is 1. The van der Waals surface area contributed by atoms with Gasteiger partial charge in [-0.2, -0.15) is 0 Å². The molecule has 0 radical (unpaired) electrons. The quantitative estimate of drug-likeness (QED) is 0.720. The van der Waals surface area contributed by atoms with Crippen LogP contribution in [0.15, 0.2) is 27.9 Å². The summed E-state index contributed by atoms with van der Waals surface area (Å²) in [5.41, 5.74) is 0.646. The van der Waals surface area contributed by atoms with E-state index in [1.165, 1.54) is 16.7 Å². The van der Waals surface area contributed by atoms with Gasteiger partial charge in [-0.3, -0.25) is 14.2 Å². The number of nitrogens with one attached hydrogen (secondary N) is 1. The molecule has 0 unspecified atom stereocenters. The summed E-state index contributed by atoms with van der Waals surface area (Å²) < 4.78 is 34.9. The van der Waals surface area contributed by atoms with E-state index in [1.54, 1.807) is 17.9 Å². The first-order chi connectivity index (χ1) is 13.3. The summed E-state index contributed by atoms with van der Waals surface area (Å²) >= 11 is 0.991. The maximum Gasteiger partial charge on any atom is 0.308 e. The van der Waals surface area contributed by atoms with Crippen LogP contribution in [0.5, 0.6) is 0 Å². The molecule has 1 saturated heterocycles. The molecule has 0 bridgehead atoms. The lowest BCUT2D eigenvalue weighted by Gasteiger charge is -2.26. The number of thiazole rings is 1. The topological polar surface area (TPSA) is 97.7 Å². The van der Waals surface area contributed by atoms with Gasteiger partial charge in [-0.15, -0.1) is 0 Å². The molecule has 2 aromatic rings. The third kappa shape index (κ3) is 4.62. The summed E-state index contributed by atoms with van der Waals surface area (Å²) in [6.45, 7) is 6.19. The van der Waals surface area contributed by atoms with Crippen LogP contribution in [-0.4, -0.2) is 56.1 Å². The molecule has 1 fully saturated rings. The van der Waals surface area contributed by atoms with E-state index in [0.717, 1.165) is 11.3 Å². The van der Waals surface area contributed by atoms with Gasteiger partial charge in [0.15, 0.2) is 0 Å². The number of aryl methyl sites for hydroxylation is 1. The largest absolute Gasteiger partial charge is 0.378 e. The van der Waals surface area contributed by atoms with Gasteiger partial charge in [-0.1, -0.05) is 18.3 Å². The van der Waals surface area contributed by atoms with Crippen molar-refractivity contribution < 1.29 is 17.9 Å². The van der Waals surface area contributed by atoms with E-state index in [1.807, 2.05) is 6.92 Å². The molecule has 8 nitrogen and oxygen atoms in total. The molecule has 1 aliphatic heterocycles. The molecule has 154 valence electrons. The summed E-state index contributed by atoms with van der Waals surface area (Å²) in [4.78, 5) is 26.4. The molecule has 2 heterocycles. The Labute approximate surface area is 168 Å². The fourth-order valence-electron chi connectivity index (χ4n) is 3.02. The van der Waals surface area contributed by atoms with Crippen molar-refractivity contribution in [2.75, 3.05) is 26.3 Å². The van der Waals surface area contributed by atoms with Crippen LogP contribution in [-0.2, 0) is 26.1 Å². The molecule has 10 heteroatoms. The summed E-state index contributed by atoms with van der Waals surface area (Å²) in [7, 11) is -3.63. The zero-order valence-electron chi connectivity index (χ0n) is 16.0. The van der Waals surface area contributed by atoms with Crippen molar-refractivity contribution in [2.24, 2.45) is 0 Å². The molecule has 3 rings (SSSR count). The lowest BCUT2D eigenvalue weighted by molar-refractivity contribution is -0.135. The second kappa shape index (κ2) is 8.73. The van der Waals surface area contributed by atoms with Crippen LogP contribution in [0.2, 0.25) is 0 Å². The van der Waals surface area contributed by atoms with Crippen molar-refractivity contribution in [1.29, 1.82) is 0 Å². The van der Waals surface area contributed by atoms with E-state index in [0.29, 0.717) is 42.9 Å². The van der Waals surface area contributed by atoms with Crippen LogP contribution >= 0.6 is 11.3 Å². The average molecular weight is 428 g/mol. The standard InChI is InChI=1S/C18H25N3O5S2/c1-3-13(2)19-28(24,25)14-4-5-15-16(12-14)27-18(23)21(15)7-6-17(22)20-8-10-26-11-9-20/h4-5,12-13,19H,3,6-11H2,1-2H3/t13-/m0/s1. The number of fused-ring (bicyclic) bond motifs is 1. The van der Waals surface area contributed by atoms with Gasteiger partial charge >= 0.3 is 4.87 Å². The van der Waals surface area contributed by atoms with Crippen molar-refractivity contribution in [3.8, 4) is 0 Å². The molecule has 1 aromatic carbocycles. The van der Waals surface area contributed by atoms with Gasteiger partial charge < -0.3 is 9.64 Å². The number of rotatable bonds is 7. The number of aromatic nitrogens is 1. The Morgan fingerprint density at radius 1 is 1.32 bits per heavy atom. The van der Waals surface area contributed by atoms with Gasteiger partial charge in [-0.05, 0) is 31.5 Å². The summed E-state index contributed by atoms with van der Waals surface area (Å²) in [5.74, 6) is -0.00787. The van der Waals surface area contributed by atoms with E-state index >= 15 is 0 Å². The van der Waals surface area contributed by atoms with E-state index in [-0.39, 0.29) is 34.7 Å². The summed E-state index contributed by atoms with van der Waals surface area (Å²) in [5, 5.41) is 0. The summed E-state index contributed by atoms with van der Waals surface area (Å²) in [6.07, 6.45) is 0.906. The molecule has 1 aromatic heterocycles. The second-order valence-corrected chi connectivity index (χ2v) is 9.53. The Balaban J connectivity index is 1.78. The SMILES string of the molecule is CC[C@H](C)NS(=O)(=O)c1ccc2c(c1)sc(=O)n2CCC(=O)N1CCOCC1. The van der Waals surface area contributed by atoms with Crippen molar-refractivity contribution in [3.05, 3.63) is 27.9 Å². The molecule has 1 aliphatic rings. The van der Waals surface area contributed by atoms with Crippen LogP contribution < -0.4 is 9.60 Å². The molecular weight excluding hydrogens is 402 g/mol. The molecule has 28 heavy (non-hydrogen) atoms. The Hall–Kier alpha value is -1.75. The molecule has 1 atom stereocenters. The van der Waals surface area contributed by atoms with Gasteiger partial charge in [0.1, 0.15) is 0 Å². The zero-order chi connectivity index (χ0) is 20.3. The van der Waals surface area contributed by atoms with Gasteiger partial charge in [0.05, 0.1) is 28.3 Å². The molecule has 0 spiro atoms. The Bertz CT molecular complexity index is 1010. The normalized spacial score (nSPS) is 16.4. The van der Waals surface area contributed by atoms with E-state index in [9.17, 15) is 18.0 Å². The van der Waals surface area contributed by atoms with Crippen LogP contribution in [0.4, 0.5) is 0 Å².